The molecular formula is C12H16FN3O6. The molecule has 0 aromatic carbocycles. The van der Waals surface area contributed by atoms with E-state index >= 15 is 0 Å². The van der Waals surface area contributed by atoms with E-state index < -0.39 is 48.1 Å². The van der Waals surface area contributed by atoms with Gasteiger partial charge in [-0.25, -0.2) is 9.18 Å². The first-order valence-corrected chi connectivity index (χ1v) is 6.37. The van der Waals surface area contributed by atoms with Gasteiger partial charge in [0, 0.05) is 18.7 Å². The molecular weight excluding hydrogens is 301 g/mol. The van der Waals surface area contributed by atoms with Crippen molar-refractivity contribution < 1.29 is 24.4 Å². The van der Waals surface area contributed by atoms with Crippen LogP contribution in [0.25, 0.3) is 0 Å². The summed E-state index contributed by atoms with van der Waals surface area (Å²) >= 11 is 0. The molecule has 1 aliphatic heterocycles. The summed E-state index contributed by atoms with van der Waals surface area (Å²) in [6, 6.07) is 0.924. The third-order valence-electron chi connectivity index (χ3n) is 3.56. The van der Waals surface area contributed by atoms with Gasteiger partial charge in [-0.15, -0.1) is 0 Å². The van der Waals surface area contributed by atoms with Gasteiger partial charge in [0.05, 0.1) is 6.61 Å². The van der Waals surface area contributed by atoms with Crippen molar-refractivity contribution in [1.82, 2.24) is 9.55 Å². The van der Waals surface area contributed by atoms with Crippen LogP contribution in [0, 0.1) is 0 Å². The lowest BCUT2D eigenvalue weighted by atomic mass is 9.96. The first-order valence-electron chi connectivity index (χ1n) is 6.37. The molecule has 10 heteroatoms. The molecule has 0 spiro atoms. The van der Waals surface area contributed by atoms with Crippen LogP contribution in [-0.2, 0) is 10.5 Å². The van der Waals surface area contributed by atoms with Crippen LogP contribution in [-0.4, -0.2) is 49.5 Å². The van der Waals surface area contributed by atoms with Gasteiger partial charge in [-0.3, -0.25) is 14.3 Å². The number of aromatic amines is 1. The van der Waals surface area contributed by atoms with Crippen molar-refractivity contribution in [3.8, 4) is 0 Å². The van der Waals surface area contributed by atoms with E-state index in [1.165, 1.54) is 6.08 Å². The van der Waals surface area contributed by atoms with E-state index in [-0.39, 0.29) is 0 Å². The number of alkyl halides is 1. The number of H-pyrrole nitrogens is 1. The van der Waals surface area contributed by atoms with E-state index in [0.717, 1.165) is 18.5 Å². The lowest BCUT2D eigenvalue weighted by molar-refractivity contribution is -0.259. The van der Waals surface area contributed by atoms with Crippen LogP contribution >= 0.6 is 0 Å². The van der Waals surface area contributed by atoms with Crippen molar-refractivity contribution in [1.29, 1.82) is 0 Å². The first-order chi connectivity index (χ1) is 10.3. The number of nitrogens with one attached hydrogen (secondary N) is 1. The van der Waals surface area contributed by atoms with Crippen molar-refractivity contribution in [3.05, 3.63) is 45.4 Å². The molecule has 1 fully saturated rings. The largest absolute Gasteiger partial charge is 0.405 e. The van der Waals surface area contributed by atoms with Crippen LogP contribution in [0.15, 0.2) is 34.1 Å². The van der Waals surface area contributed by atoms with E-state index in [4.69, 9.17) is 15.6 Å². The zero-order chi connectivity index (χ0) is 16.5. The quantitative estimate of drug-likeness (QED) is 0.410. The highest BCUT2D eigenvalue weighted by atomic mass is 19.2. The number of aromatic nitrogens is 2. The summed E-state index contributed by atoms with van der Waals surface area (Å²) in [7, 11) is 0. The molecule has 4 atom stereocenters. The van der Waals surface area contributed by atoms with Crippen molar-refractivity contribution >= 4 is 0 Å². The average Bonchev–Trinajstić information content (AvgIpc) is 2.66. The minimum atomic E-state index is -3.41. The lowest BCUT2D eigenvalue weighted by Crippen LogP contribution is -2.58. The van der Waals surface area contributed by atoms with Crippen LogP contribution in [0.3, 0.4) is 0 Å². The number of aliphatic hydroxyl groups excluding tert-OH is 2. The minimum Gasteiger partial charge on any atom is -0.405 e. The van der Waals surface area contributed by atoms with E-state index in [2.05, 4.69) is 0 Å². The highest BCUT2D eigenvalue weighted by Gasteiger charge is 2.67. The van der Waals surface area contributed by atoms with Gasteiger partial charge in [-0.05, 0) is 6.20 Å². The first kappa shape index (κ1) is 16.4. The highest BCUT2D eigenvalue weighted by molar-refractivity contribution is 5.08. The maximum Gasteiger partial charge on any atom is 0.330 e. The average molecular weight is 317 g/mol. The summed E-state index contributed by atoms with van der Waals surface area (Å²) in [6.45, 7) is -0.792. The molecule has 0 aliphatic carbocycles. The van der Waals surface area contributed by atoms with Gasteiger partial charge < -0.3 is 25.8 Å². The second-order valence-electron chi connectivity index (χ2n) is 4.85. The Balaban J connectivity index is 2.68. The van der Waals surface area contributed by atoms with E-state index in [9.17, 15) is 24.2 Å². The molecule has 0 unspecified atom stereocenters. The van der Waals surface area contributed by atoms with Crippen molar-refractivity contribution in [2.24, 2.45) is 5.73 Å². The summed E-state index contributed by atoms with van der Waals surface area (Å²) in [5.74, 6) is -3.41. The topological polar surface area (TPSA) is 151 Å². The maximum atomic E-state index is 14.8. The summed E-state index contributed by atoms with van der Waals surface area (Å²) in [5, 5.41) is 29.0. The van der Waals surface area contributed by atoms with Crippen LogP contribution in [0.1, 0.15) is 6.42 Å². The second-order valence-corrected chi connectivity index (χ2v) is 4.85. The molecule has 6 N–H and O–H groups in total. The number of halogens is 1. The van der Waals surface area contributed by atoms with E-state index in [1.807, 2.05) is 4.98 Å². The zero-order valence-electron chi connectivity index (χ0n) is 11.3. The monoisotopic (exact) mass is 317 g/mol. The molecule has 122 valence electrons. The second kappa shape index (κ2) is 5.65. The molecule has 9 nitrogen and oxygen atoms in total. The number of hydrogen-bond donors (Lipinski definition) is 5. The Kier molecular flexibility index (Phi) is 4.20. The molecule has 0 saturated carbocycles. The molecule has 0 radical (unpaired) electrons. The Labute approximate surface area is 123 Å². The van der Waals surface area contributed by atoms with Gasteiger partial charge in [0.15, 0.2) is 0 Å². The molecule has 1 aromatic rings. The van der Waals surface area contributed by atoms with Gasteiger partial charge >= 0.3 is 5.69 Å². The number of rotatable bonds is 4. The smallest absolute Gasteiger partial charge is 0.330 e. The third-order valence-corrected chi connectivity index (χ3v) is 3.56. The van der Waals surface area contributed by atoms with Crippen LogP contribution < -0.4 is 17.0 Å². The van der Waals surface area contributed by atoms with Crippen LogP contribution in [0.2, 0.25) is 0 Å². The number of aliphatic hydroxyl groups is 3. The molecule has 2 rings (SSSR count). The highest BCUT2D eigenvalue weighted by Crippen LogP contribution is 2.46. The number of nitrogens with two attached hydrogens (primary N) is 1. The number of hydrogen-bond acceptors (Lipinski definition) is 7. The molecule has 1 aromatic heterocycles. The summed E-state index contributed by atoms with van der Waals surface area (Å²) in [4.78, 5) is 25.0. The Morgan fingerprint density at radius 1 is 1.55 bits per heavy atom. The Bertz CT molecular complexity index is 684. The van der Waals surface area contributed by atoms with Crippen LogP contribution in [0.4, 0.5) is 4.39 Å². The maximum absolute atomic E-state index is 14.8. The molecule has 1 aliphatic rings. The molecule has 1 saturated heterocycles. The molecule has 22 heavy (non-hydrogen) atoms. The third kappa shape index (κ3) is 2.25. The fourth-order valence-electron chi connectivity index (χ4n) is 2.46. The molecule has 0 bridgehead atoms. The van der Waals surface area contributed by atoms with Crippen molar-refractivity contribution in [2.45, 2.75) is 30.2 Å². The Hall–Kier alpha value is -2.01. The minimum absolute atomic E-state index is 0.435. The lowest BCUT2D eigenvalue weighted by Gasteiger charge is -2.36. The van der Waals surface area contributed by atoms with E-state index in [0.29, 0.717) is 4.57 Å². The standard InChI is InChI=1S/C12H16FN3O6/c13-12(21)9(19)7(6-17)22-11(12,3-1-4-14)16-5-2-8(18)15-10(16)20/h1-2,4-5,7,9,17,19,21H,3,6,14H2,(H,15,18,20)/t7-,9-,11-,12-/m1/s1. The Morgan fingerprint density at radius 3 is 2.73 bits per heavy atom. The van der Waals surface area contributed by atoms with Crippen molar-refractivity contribution in [3.63, 3.8) is 0 Å². The van der Waals surface area contributed by atoms with Gasteiger partial charge in [0.2, 0.25) is 5.72 Å². The molecule has 2 heterocycles. The van der Waals surface area contributed by atoms with Crippen molar-refractivity contribution in [2.75, 3.05) is 6.61 Å². The van der Waals surface area contributed by atoms with E-state index in [1.54, 1.807) is 0 Å². The SMILES string of the molecule is NC=CC[C@@]1(n2ccc(=O)[nH]c2=O)O[C@H](CO)[C@@H](O)[C@]1(O)F. The molecule has 0 amide bonds. The summed E-state index contributed by atoms with van der Waals surface area (Å²) < 4.78 is 20.6. The fourth-order valence-corrected chi connectivity index (χ4v) is 2.46. The number of nitrogens with zero attached hydrogens (tertiary/aromatic N) is 1. The fraction of sp³-hybridized carbons (Fsp3) is 0.500. The van der Waals surface area contributed by atoms with Gasteiger partial charge in [-0.2, -0.15) is 0 Å². The predicted molar refractivity (Wildman–Crippen MR) is 71.3 cm³/mol. The van der Waals surface area contributed by atoms with Crippen LogP contribution in [0.5, 0.6) is 0 Å². The predicted octanol–water partition coefficient (Wildman–Crippen LogP) is -2.54. The zero-order valence-corrected chi connectivity index (χ0v) is 11.3. The van der Waals surface area contributed by atoms with Gasteiger partial charge in [0.1, 0.15) is 12.2 Å². The Morgan fingerprint density at radius 2 is 2.23 bits per heavy atom. The van der Waals surface area contributed by atoms with Gasteiger partial charge in [0.25, 0.3) is 11.4 Å². The number of ether oxygens (including phenoxy) is 1. The summed E-state index contributed by atoms with van der Waals surface area (Å²) in [6.07, 6.45) is -0.855. The van der Waals surface area contributed by atoms with Gasteiger partial charge in [-0.1, -0.05) is 6.08 Å². The summed E-state index contributed by atoms with van der Waals surface area (Å²) in [5.41, 5.74) is 1.02. The normalized spacial score (nSPS) is 35.3.